The highest BCUT2D eigenvalue weighted by Gasteiger charge is 2.29. The molecule has 2 rings (SSSR count). The second kappa shape index (κ2) is 5.67. The van der Waals surface area contributed by atoms with E-state index in [4.69, 9.17) is 0 Å². The number of hydrogen-bond acceptors (Lipinski definition) is 1. The van der Waals surface area contributed by atoms with Crippen molar-refractivity contribution in [3.05, 3.63) is 0 Å². The summed E-state index contributed by atoms with van der Waals surface area (Å²) < 4.78 is 0. The fourth-order valence-electron chi connectivity index (χ4n) is 3.40. The Balaban J connectivity index is 1.90. The Bertz CT molecular complexity index is 201. The van der Waals surface area contributed by atoms with Crippen LogP contribution in [0.25, 0.3) is 0 Å². The minimum Gasteiger partial charge on any atom is -0.299 e. The molecule has 1 atom stereocenters. The molecule has 2 aliphatic carbocycles. The van der Waals surface area contributed by atoms with E-state index in [2.05, 4.69) is 0 Å². The van der Waals surface area contributed by atoms with Crippen molar-refractivity contribution in [3.63, 3.8) is 0 Å². The van der Waals surface area contributed by atoms with Gasteiger partial charge in [-0.05, 0) is 31.6 Å². The van der Waals surface area contributed by atoms with E-state index < -0.39 is 0 Å². The normalized spacial score (nSPS) is 30.9. The molecule has 2 aliphatic rings. The van der Waals surface area contributed by atoms with Crippen LogP contribution in [-0.2, 0) is 4.79 Å². The summed E-state index contributed by atoms with van der Waals surface area (Å²) >= 11 is 0. The summed E-state index contributed by atoms with van der Waals surface area (Å²) in [5.41, 5.74) is 0. The third-order valence-corrected chi connectivity index (χ3v) is 4.32. The lowest BCUT2D eigenvalue weighted by Crippen LogP contribution is -2.27. The second-order valence-electron chi connectivity index (χ2n) is 5.42. The van der Waals surface area contributed by atoms with E-state index in [-0.39, 0.29) is 0 Å². The van der Waals surface area contributed by atoms with Gasteiger partial charge in [-0.3, -0.25) is 4.79 Å². The van der Waals surface area contributed by atoms with Gasteiger partial charge in [-0.15, -0.1) is 0 Å². The average molecular weight is 208 g/mol. The molecule has 0 aromatic rings. The van der Waals surface area contributed by atoms with Gasteiger partial charge in [-0.1, -0.05) is 38.5 Å². The lowest BCUT2D eigenvalue weighted by atomic mass is 9.74. The first kappa shape index (κ1) is 11.2. The molecule has 0 aliphatic heterocycles. The van der Waals surface area contributed by atoms with Crippen LogP contribution >= 0.6 is 0 Å². The number of ketones is 1. The molecule has 2 fully saturated rings. The molecule has 1 heteroatoms. The molecule has 2 saturated carbocycles. The van der Waals surface area contributed by atoms with E-state index in [9.17, 15) is 4.79 Å². The SMILES string of the molecule is O=C1CCCCC1C1CCCCCCC1. The van der Waals surface area contributed by atoms with Crippen molar-refractivity contribution in [1.29, 1.82) is 0 Å². The van der Waals surface area contributed by atoms with Crippen molar-refractivity contribution in [3.8, 4) is 0 Å². The van der Waals surface area contributed by atoms with E-state index in [1.54, 1.807) is 0 Å². The molecule has 1 unspecified atom stereocenters. The smallest absolute Gasteiger partial charge is 0.136 e. The lowest BCUT2D eigenvalue weighted by Gasteiger charge is -2.30. The Morgan fingerprint density at radius 3 is 2.00 bits per heavy atom. The van der Waals surface area contributed by atoms with Gasteiger partial charge in [0.05, 0.1) is 0 Å². The standard InChI is InChI=1S/C14H24O/c15-14-11-7-6-10-13(14)12-8-4-2-1-3-5-9-12/h12-13H,1-11H2. The van der Waals surface area contributed by atoms with Crippen molar-refractivity contribution in [2.75, 3.05) is 0 Å². The number of Topliss-reactive ketones (excluding diaryl/α,β-unsaturated/α-hetero) is 1. The summed E-state index contributed by atoms with van der Waals surface area (Å²) in [5, 5.41) is 0. The predicted octanol–water partition coefficient (Wildman–Crippen LogP) is 4.11. The lowest BCUT2D eigenvalue weighted by molar-refractivity contribution is -0.126. The molecule has 0 radical (unpaired) electrons. The zero-order valence-electron chi connectivity index (χ0n) is 9.84. The van der Waals surface area contributed by atoms with E-state index in [1.165, 1.54) is 57.8 Å². The number of carbonyl (C=O) groups is 1. The minimum atomic E-state index is 0.455. The summed E-state index contributed by atoms with van der Waals surface area (Å²) in [6, 6.07) is 0. The van der Waals surface area contributed by atoms with Gasteiger partial charge < -0.3 is 0 Å². The van der Waals surface area contributed by atoms with Gasteiger partial charge in [0.1, 0.15) is 5.78 Å². The Kier molecular flexibility index (Phi) is 4.22. The molecule has 0 amide bonds. The van der Waals surface area contributed by atoms with Crippen LogP contribution in [0.1, 0.15) is 70.6 Å². The van der Waals surface area contributed by atoms with Crippen molar-refractivity contribution < 1.29 is 4.79 Å². The molecule has 1 nitrogen and oxygen atoms in total. The first-order chi connectivity index (χ1) is 7.38. The van der Waals surface area contributed by atoms with E-state index in [0.717, 1.165) is 18.8 Å². The number of rotatable bonds is 1. The number of carbonyl (C=O) groups excluding carboxylic acids is 1. The third-order valence-electron chi connectivity index (χ3n) is 4.32. The Hall–Kier alpha value is -0.330. The molecule has 0 spiro atoms. The van der Waals surface area contributed by atoms with Gasteiger partial charge >= 0.3 is 0 Å². The number of hydrogen-bond donors (Lipinski definition) is 0. The Morgan fingerprint density at radius 2 is 1.33 bits per heavy atom. The Morgan fingerprint density at radius 1 is 0.733 bits per heavy atom. The van der Waals surface area contributed by atoms with Crippen molar-refractivity contribution >= 4 is 5.78 Å². The topological polar surface area (TPSA) is 17.1 Å². The molecule has 0 N–H and O–H groups in total. The zero-order chi connectivity index (χ0) is 10.5. The van der Waals surface area contributed by atoms with Crippen LogP contribution in [0.15, 0.2) is 0 Å². The van der Waals surface area contributed by atoms with Crippen molar-refractivity contribution in [2.45, 2.75) is 70.6 Å². The molecule has 15 heavy (non-hydrogen) atoms. The van der Waals surface area contributed by atoms with E-state index >= 15 is 0 Å². The van der Waals surface area contributed by atoms with Gasteiger partial charge in [0, 0.05) is 12.3 Å². The zero-order valence-corrected chi connectivity index (χ0v) is 9.84. The van der Waals surface area contributed by atoms with Crippen LogP contribution in [0.3, 0.4) is 0 Å². The largest absolute Gasteiger partial charge is 0.299 e. The van der Waals surface area contributed by atoms with Crippen LogP contribution in [0.2, 0.25) is 0 Å². The van der Waals surface area contributed by atoms with E-state index in [1.807, 2.05) is 0 Å². The van der Waals surface area contributed by atoms with Gasteiger partial charge in [-0.25, -0.2) is 0 Å². The monoisotopic (exact) mass is 208 g/mol. The molecular weight excluding hydrogens is 184 g/mol. The average Bonchev–Trinajstić information content (AvgIpc) is 2.19. The summed E-state index contributed by atoms with van der Waals surface area (Å²) in [6.07, 6.45) is 14.1. The first-order valence-corrected chi connectivity index (χ1v) is 6.90. The van der Waals surface area contributed by atoms with Crippen LogP contribution in [-0.4, -0.2) is 5.78 Å². The van der Waals surface area contributed by atoms with Crippen LogP contribution in [0.5, 0.6) is 0 Å². The van der Waals surface area contributed by atoms with Crippen molar-refractivity contribution in [1.82, 2.24) is 0 Å². The minimum absolute atomic E-state index is 0.455. The first-order valence-electron chi connectivity index (χ1n) is 6.90. The summed E-state index contributed by atoms with van der Waals surface area (Å²) in [4.78, 5) is 11.9. The highest BCUT2D eigenvalue weighted by atomic mass is 16.1. The highest BCUT2D eigenvalue weighted by molar-refractivity contribution is 5.81. The fourth-order valence-corrected chi connectivity index (χ4v) is 3.40. The van der Waals surface area contributed by atoms with Gasteiger partial charge in [0.25, 0.3) is 0 Å². The summed E-state index contributed by atoms with van der Waals surface area (Å²) in [7, 11) is 0. The Labute approximate surface area is 93.6 Å². The van der Waals surface area contributed by atoms with Gasteiger partial charge in [-0.2, -0.15) is 0 Å². The molecule has 0 saturated heterocycles. The highest BCUT2D eigenvalue weighted by Crippen LogP contribution is 2.35. The molecule has 0 heterocycles. The second-order valence-corrected chi connectivity index (χ2v) is 5.42. The molecule has 86 valence electrons. The maximum Gasteiger partial charge on any atom is 0.136 e. The molecule has 0 aromatic heterocycles. The molecule has 0 bridgehead atoms. The summed E-state index contributed by atoms with van der Waals surface area (Å²) in [5.74, 6) is 1.79. The van der Waals surface area contributed by atoms with Crippen molar-refractivity contribution in [2.24, 2.45) is 11.8 Å². The van der Waals surface area contributed by atoms with Gasteiger partial charge in [0.15, 0.2) is 0 Å². The quantitative estimate of drug-likeness (QED) is 0.634. The third kappa shape index (κ3) is 3.06. The van der Waals surface area contributed by atoms with Gasteiger partial charge in [0.2, 0.25) is 0 Å². The molecular formula is C14H24O. The molecule has 0 aromatic carbocycles. The fraction of sp³-hybridized carbons (Fsp3) is 0.929. The maximum atomic E-state index is 11.9. The van der Waals surface area contributed by atoms with Crippen LogP contribution in [0.4, 0.5) is 0 Å². The summed E-state index contributed by atoms with van der Waals surface area (Å²) in [6.45, 7) is 0. The maximum absolute atomic E-state index is 11.9. The van der Waals surface area contributed by atoms with Crippen LogP contribution in [0, 0.1) is 11.8 Å². The van der Waals surface area contributed by atoms with E-state index in [0.29, 0.717) is 11.7 Å². The predicted molar refractivity (Wildman–Crippen MR) is 62.8 cm³/mol. The van der Waals surface area contributed by atoms with Crippen LogP contribution < -0.4 is 0 Å².